The summed E-state index contributed by atoms with van der Waals surface area (Å²) in [5, 5.41) is 0. The van der Waals surface area contributed by atoms with E-state index in [0.717, 1.165) is 43.9 Å². The fourth-order valence-corrected chi connectivity index (χ4v) is 2.51. The Kier molecular flexibility index (Phi) is 4.09. The molecule has 0 unspecified atom stereocenters. The minimum atomic E-state index is 0.0434. The lowest BCUT2D eigenvalue weighted by Crippen LogP contribution is -2.41. The summed E-state index contributed by atoms with van der Waals surface area (Å²) in [4.78, 5) is 11.6. The molecule has 0 aliphatic carbocycles. The van der Waals surface area contributed by atoms with Crippen molar-refractivity contribution < 1.29 is 0 Å². The second kappa shape index (κ2) is 5.45. The highest BCUT2D eigenvalue weighted by Gasteiger charge is 2.26. The predicted molar refractivity (Wildman–Crippen MR) is 79.5 cm³/mol. The molecule has 2 rings (SSSR count). The zero-order valence-corrected chi connectivity index (χ0v) is 12.6. The first-order valence-corrected chi connectivity index (χ1v) is 7.28. The third-order valence-corrected chi connectivity index (χ3v) is 3.73. The van der Waals surface area contributed by atoms with Gasteiger partial charge in [-0.2, -0.15) is 0 Å². The van der Waals surface area contributed by atoms with Gasteiger partial charge in [-0.25, -0.2) is 9.97 Å². The van der Waals surface area contributed by atoms with Crippen molar-refractivity contribution in [3.05, 3.63) is 17.7 Å². The number of aryl methyl sites for hydroxylation is 1. The van der Waals surface area contributed by atoms with Gasteiger partial charge in [0.2, 0.25) is 0 Å². The summed E-state index contributed by atoms with van der Waals surface area (Å²) in [5.41, 5.74) is 8.38. The molecule has 1 aromatic heterocycles. The van der Waals surface area contributed by atoms with Crippen LogP contribution in [0.15, 0.2) is 6.20 Å². The minimum Gasteiger partial charge on any atom is -0.369 e. The molecule has 106 valence electrons. The lowest BCUT2D eigenvalue weighted by atomic mass is 9.90. The highest BCUT2D eigenvalue weighted by atomic mass is 15.2. The summed E-state index contributed by atoms with van der Waals surface area (Å²) >= 11 is 0. The van der Waals surface area contributed by atoms with Crippen LogP contribution in [0.3, 0.4) is 0 Å². The quantitative estimate of drug-likeness (QED) is 0.888. The maximum Gasteiger partial charge on any atom is 0.128 e. The topological polar surface area (TPSA) is 55.0 Å². The molecule has 0 atom stereocenters. The van der Waals surface area contributed by atoms with E-state index in [4.69, 9.17) is 10.7 Å². The van der Waals surface area contributed by atoms with Crippen LogP contribution in [0.5, 0.6) is 0 Å². The van der Waals surface area contributed by atoms with Crippen LogP contribution < -0.4 is 10.6 Å². The number of piperidine rings is 1. The van der Waals surface area contributed by atoms with Crippen molar-refractivity contribution in [3.63, 3.8) is 0 Å². The molecule has 1 aromatic rings. The normalized spacial score (nSPS) is 17.8. The van der Waals surface area contributed by atoms with E-state index < -0.39 is 0 Å². The summed E-state index contributed by atoms with van der Waals surface area (Å²) in [6, 6.07) is 0.352. The van der Waals surface area contributed by atoms with Gasteiger partial charge in [0.15, 0.2) is 0 Å². The molecule has 4 nitrogen and oxygen atoms in total. The number of hydrogen-bond acceptors (Lipinski definition) is 4. The molecular weight excluding hydrogens is 236 g/mol. The minimum absolute atomic E-state index is 0.0434. The monoisotopic (exact) mass is 262 g/mol. The van der Waals surface area contributed by atoms with Gasteiger partial charge in [-0.15, -0.1) is 0 Å². The van der Waals surface area contributed by atoms with Crippen LogP contribution in [0, 0.1) is 0 Å². The third kappa shape index (κ3) is 3.24. The van der Waals surface area contributed by atoms with Gasteiger partial charge in [-0.05, 0) is 12.8 Å². The number of rotatable bonds is 2. The Hall–Kier alpha value is -1.16. The van der Waals surface area contributed by atoms with Crippen LogP contribution in [0.25, 0.3) is 0 Å². The average molecular weight is 262 g/mol. The standard InChI is InChI=1S/C15H26N4/c1-5-13-17-10-12(14(18-13)15(2,3)4)19-8-6-11(16)7-9-19/h10-11H,5-9,16H2,1-4H3. The summed E-state index contributed by atoms with van der Waals surface area (Å²) in [7, 11) is 0. The molecule has 0 saturated carbocycles. The molecular formula is C15H26N4. The first kappa shape index (κ1) is 14.3. The summed E-state index contributed by atoms with van der Waals surface area (Å²) in [5.74, 6) is 0.933. The molecule has 2 N–H and O–H groups in total. The van der Waals surface area contributed by atoms with Gasteiger partial charge in [0.1, 0.15) is 5.82 Å². The van der Waals surface area contributed by atoms with Gasteiger partial charge in [0, 0.05) is 31.0 Å². The van der Waals surface area contributed by atoms with E-state index in [0.29, 0.717) is 6.04 Å². The van der Waals surface area contributed by atoms with Gasteiger partial charge >= 0.3 is 0 Å². The largest absolute Gasteiger partial charge is 0.369 e. The molecule has 1 fully saturated rings. The highest BCUT2D eigenvalue weighted by molar-refractivity contribution is 5.52. The number of nitrogens with zero attached hydrogens (tertiary/aromatic N) is 3. The van der Waals surface area contributed by atoms with Crippen LogP contribution in [0.4, 0.5) is 5.69 Å². The molecule has 0 bridgehead atoms. The number of aromatic nitrogens is 2. The lowest BCUT2D eigenvalue weighted by molar-refractivity contribution is 0.492. The van der Waals surface area contributed by atoms with Gasteiger partial charge in [0.25, 0.3) is 0 Å². The Morgan fingerprint density at radius 3 is 2.47 bits per heavy atom. The van der Waals surface area contributed by atoms with Crippen molar-refractivity contribution in [2.45, 2.75) is 58.4 Å². The second-order valence-electron chi connectivity index (χ2n) is 6.45. The Labute approximate surface area is 116 Å². The van der Waals surface area contributed by atoms with Gasteiger partial charge in [0.05, 0.1) is 17.6 Å². The van der Waals surface area contributed by atoms with Gasteiger partial charge in [-0.3, -0.25) is 0 Å². The van der Waals surface area contributed by atoms with Crippen molar-refractivity contribution in [1.29, 1.82) is 0 Å². The van der Waals surface area contributed by atoms with Crippen LogP contribution in [0.1, 0.15) is 52.1 Å². The van der Waals surface area contributed by atoms with E-state index in [9.17, 15) is 0 Å². The van der Waals surface area contributed by atoms with Crippen molar-refractivity contribution in [1.82, 2.24) is 9.97 Å². The van der Waals surface area contributed by atoms with Crippen molar-refractivity contribution in [2.24, 2.45) is 5.73 Å². The van der Waals surface area contributed by atoms with Crippen LogP contribution in [-0.2, 0) is 11.8 Å². The van der Waals surface area contributed by atoms with E-state index in [2.05, 4.69) is 37.6 Å². The van der Waals surface area contributed by atoms with Crippen LogP contribution >= 0.6 is 0 Å². The molecule has 4 heteroatoms. The van der Waals surface area contributed by atoms with Crippen LogP contribution in [-0.4, -0.2) is 29.1 Å². The smallest absolute Gasteiger partial charge is 0.128 e. The van der Waals surface area contributed by atoms with Gasteiger partial charge in [-0.1, -0.05) is 27.7 Å². The summed E-state index contributed by atoms with van der Waals surface area (Å²) in [6.45, 7) is 10.8. The number of hydrogen-bond donors (Lipinski definition) is 1. The lowest BCUT2D eigenvalue weighted by Gasteiger charge is -2.35. The van der Waals surface area contributed by atoms with Crippen molar-refractivity contribution in [2.75, 3.05) is 18.0 Å². The molecule has 1 aliphatic heterocycles. The van der Waals surface area contributed by atoms with Crippen LogP contribution in [0.2, 0.25) is 0 Å². The first-order valence-electron chi connectivity index (χ1n) is 7.28. The van der Waals surface area contributed by atoms with E-state index in [-0.39, 0.29) is 5.41 Å². The number of nitrogens with two attached hydrogens (primary N) is 1. The Balaban J connectivity index is 2.34. The van der Waals surface area contributed by atoms with E-state index in [1.54, 1.807) is 0 Å². The Morgan fingerprint density at radius 1 is 1.32 bits per heavy atom. The maximum absolute atomic E-state index is 5.99. The van der Waals surface area contributed by atoms with Gasteiger partial charge < -0.3 is 10.6 Å². The van der Waals surface area contributed by atoms with Crippen molar-refractivity contribution in [3.8, 4) is 0 Å². The van der Waals surface area contributed by atoms with Crippen molar-refractivity contribution >= 4 is 5.69 Å². The molecule has 2 heterocycles. The molecule has 0 aromatic carbocycles. The second-order valence-corrected chi connectivity index (χ2v) is 6.45. The number of anilines is 1. The maximum atomic E-state index is 5.99. The third-order valence-electron chi connectivity index (χ3n) is 3.73. The molecule has 1 aliphatic rings. The SMILES string of the molecule is CCc1ncc(N2CCC(N)CC2)c(C(C)(C)C)n1. The molecule has 0 amide bonds. The molecule has 19 heavy (non-hydrogen) atoms. The zero-order valence-electron chi connectivity index (χ0n) is 12.6. The summed E-state index contributed by atoms with van der Waals surface area (Å²) in [6.07, 6.45) is 5.00. The first-order chi connectivity index (χ1) is 8.91. The highest BCUT2D eigenvalue weighted by Crippen LogP contribution is 2.31. The summed E-state index contributed by atoms with van der Waals surface area (Å²) < 4.78 is 0. The zero-order chi connectivity index (χ0) is 14.0. The predicted octanol–water partition coefficient (Wildman–Crippen LogP) is 2.26. The fraction of sp³-hybridized carbons (Fsp3) is 0.733. The molecule has 1 saturated heterocycles. The van der Waals surface area contributed by atoms with E-state index in [1.807, 2.05) is 6.20 Å². The van der Waals surface area contributed by atoms with E-state index >= 15 is 0 Å². The fourth-order valence-electron chi connectivity index (χ4n) is 2.51. The molecule has 0 spiro atoms. The average Bonchev–Trinajstić information content (AvgIpc) is 2.38. The Morgan fingerprint density at radius 2 is 1.95 bits per heavy atom. The van der Waals surface area contributed by atoms with E-state index in [1.165, 1.54) is 5.69 Å². The Bertz CT molecular complexity index is 428. The molecule has 0 radical (unpaired) electrons.